The molecule has 0 spiro atoms. The van der Waals surface area contributed by atoms with Gasteiger partial charge in [0.15, 0.2) is 0 Å². The lowest BCUT2D eigenvalue weighted by atomic mass is 9.87. The highest BCUT2D eigenvalue weighted by Crippen LogP contribution is 2.20. The Morgan fingerprint density at radius 3 is 2.50 bits per heavy atom. The number of hydrogen-bond acceptors (Lipinski definition) is 2. The van der Waals surface area contributed by atoms with Crippen molar-refractivity contribution in [1.29, 1.82) is 0 Å². The molecule has 24 heavy (non-hydrogen) atoms. The average molecular weight is 323 g/mol. The summed E-state index contributed by atoms with van der Waals surface area (Å²) in [7, 11) is 0. The molecule has 2 atom stereocenters. The molecule has 1 fully saturated rings. The van der Waals surface area contributed by atoms with Crippen molar-refractivity contribution in [3.8, 4) is 0 Å². The fraction of sp³-hybridized carbons (Fsp3) is 0.350. The number of amides is 2. The van der Waals surface area contributed by atoms with Gasteiger partial charge in [-0.3, -0.25) is 0 Å². The minimum atomic E-state index is -0.145. The van der Waals surface area contributed by atoms with Crippen LogP contribution in [0.2, 0.25) is 0 Å². The predicted octanol–water partition coefficient (Wildman–Crippen LogP) is 3.42. The first-order valence-electron chi connectivity index (χ1n) is 8.67. The van der Waals surface area contributed by atoms with Gasteiger partial charge in [0.1, 0.15) is 0 Å². The second-order valence-electron chi connectivity index (χ2n) is 6.43. The summed E-state index contributed by atoms with van der Waals surface area (Å²) in [5, 5.41) is 9.34. The Balaban J connectivity index is 1.43. The van der Waals surface area contributed by atoms with Crippen LogP contribution in [0.4, 0.5) is 10.5 Å². The molecule has 1 aliphatic rings. The van der Waals surface area contributed by atoms with Crippen LogP contribution in [0.25, 0.3) is 0 Å². The Kier molecular flexibility index (Phi) is 5.85. The number of rotatable bonds is 5. The maximum atomic E-state index is 12.0. The minimum Gasteiger partial charge on any atom is -0.336 e. The van der Waals surface area contributed by atoms with Crippen LogP contribution < -0.4 is 16.0 Å². The molecule has 126 valence electrons. The summed E-state index contributed by atoms with van der Waals surface area (Å²) in [6, 6.07) is 20.4. The normalized spacial score (nSPS) is 20.3. The van der Waals surface area contributed by atoms with Gasteiger partial charge in [-0.2, -0.15) is 0 Å². The van der Waals surface area contributed by atoms with Crippen molar-refractivity contribution in [2.75, 3.05) is 18.4 Å². The third-order valence-corrected chi connectivity index (χ3v) is 4.51. The van der Waals surface area contributed by atoms with E-state index in [-0.39, 0.29) is 6.03 Å². The van der Waals surface area contributed by atoms with Gasteiger partial charge in [-0.1, -0.05) is 48.5 Å². The van der Waals surface area contributed by atoms with Crippen LogP contribution in [0.15, 0.2) is 60.7 Å². The first-order valence-corrected chi connectivity index (χ1v) is 8.67. The maximum absolute atomic E-state index is 12.0. The topological polar surface area (TPSA) is 53.2 Å². The van der Waals surface area contributed by atoms with Gasteiger partial charge in [0.2, 0.25) is 0 Å². The van der Waals surface area contributed by atoms with Crippen molar-refractivity contribution in [2.24, 2.45) is 5.92 Å². The zero-order valence-electron chi connectivity index (χ0n) is 13.9. The number of nitrogens with one attached hydrogen (secondary N) is 3. The minimum absolute atomic E-state index is 0.145. The molecular weight excluding hydrogens is 298 g/mol. The molecule has 0 aliphatic carbocycles. The summed E-state index contributed by atoms with van der Waals surface area (Å²) >= 11 is 0. The Hall–Kier alpha value is -2.33. The molecule has 4 nitrogen and oxygen atoms in total. The highest BCUT2D eigenvalue weighted by molar-refractivity contribution is 5.89. The molecule has 1 saturated heterocycles. The fourth-order valence-corrected chi connectivity index (χ4v) is 3.30. The van der Waals surface area contributed by atoms with Crippen molar-refractivity contribution in [3.63, 3.8) is 0 Å². The summed E-state index contributed by atoms with van der Waals surface area (Å²) in [5.41, 5.74) is 2.21. The predicted molar refractivity (Wildman–Crippen MR) is 98.1 cm³/mol. The van der Waals surface area contributed by atoms with Gasteiger partial charge in [-0.15, -0.1) is 0 Å². The Morgan fingerprint density at radius 2 is 1.75 bits per heavy atom. The van der Waals surface area contributed by atoms with Crippen molar-refractivity contribution < 1.29 is 4.79 Å². The second-order valence-corrected chi connectivity index (χ2v) is 6.43. The van der Waals surface area contributed by atoms with E-state index in [9.17, 15) is 4.79 Å². The standard InChI is InChI=1S/C20H25N3O/c24-20(23-18-9-5-2-6-10-18)22-15-19-14-17(11-12-21-19)13-16-7-3-1-4-8-16/h1-10,17,19,21H,11-15H2,(H2,22,23,24)/t17-,19+/m1/s1. The van der Waals surface area contributed by atoms with Crippen LogP contribution in [0.1, 0.15) is 18.4 Å². The zero-order valence-corrected chi connectivity index (χ0v) is 13.9. The Bertz CT molecular complexity index is 630. The summed E-state index contributed by atoms with van der Waals surface area (Å²) < 4.78 is 0. The molecule has 3 N–H and O–H groups in total. The first kappa shape index (κ1) is 16.5. The third-order valence-electron chi connectivity index (χ3n) is 4.51. The van der Waals surface area contributed by atoms with Crippen LogP contribution in [0.5, 0.6) is 0 Å². The third kappa shape index (κ3) is 5.10. The molecule has 2 aromatic rings. The van der Waals surface area contributed by atoms with Crippen molar-refractivity contribution >= 4 is 11.7 Å². The molecule has 2 amide bonds. The second kappa shape index (κ2) is 8.50. The number of urea groups is 1. The van der Waals surface area contributed by atoms with Crippen LogP contribution in [0.3, 0.4) is 0 Å². The van der Waals surface area contributed by atoms with Gasteiger partial charge >= 0.3 is 6.03 Å². The maximum Gasteiger partial charge on any atom is 0.319 e. The molecule has 4 heteroatoms. The zero-order chi connectivity index (χ0) is 16.6. The quantitative estimate of drug-likeness (QED) is 0.790. The molecule has 0 saturated carbocycles. The van der Waals surface area contributed by atoms with E-state index in [1.165, 1.54) is 12.0 Å². The molecule has 2 aromatic carbocycles. The van der Waals surface area contributed by atoms with E-state index in [1.807, 2.05) is 30.3 Å². The smallest absolute Gasteiger partial charge is 0.319 e. The SMILES string of the molecule is O=C(NC[C@@H]1C[C@@H](Cc2ccccc2)CCN1)Nc1ccccc1. The first-order chi connectivity index (χ1) is 11.8. The molecule has 3 rings (SSSR count). The van der Waals surface area contributed by atoms with Gasteiger partial charge in [0.25, 0.3) is 0 Å². The summed E-state index contributed by atoms with van der Waals surface area (Å²) in [4.78, 5) is 12.0. The van der Waals surface area contributed by atoms with Gasteiger partial charge in [-0.25, -0.2) is 4.79 Å². The molecule has 0 bridgehead atoms. The number of para-hydroxylation sites is 1. The van der Waals surface area contributed by atoms with E-state index in [4.69, 9.17) is 0 Å². The van der Waals surface area contributed by atoms with Gasteiger partial charge in [-0.05, 0) is 49.4 Å². The Labute approximate surface area is 143 Å². The van der Waals surface area contributed by atoms with Gasteiger partial charge in [0.05, 0.1) is 0 Å². The van der Waals surface area contributed by atoms with E-state index in [1.54, 1.807) is 0 Å². The number of carbonyl (C=O) groups is 1. The van der Waals surface area contributed by atoms with Crippen LogP contribution in [-0.2, 0) is 6.42 Å². The number of anilines is 1. The van der Waals surface area contributed by atoms with Gasteiger partial charge < -0.3 is 16.0 Å². The lowest BCUT2D eigenvalue weighted by Gasteiger charge is -2.30. The highest BCUT2D eigenvalue weighted by atomic mass is 16.2. The number of carbonyl (C=O) groups excluding carboxylic acids is 1. The molecule has 1 aliphatic heterocycles. The van der Waals surface area contributed by atoms with Crippen LogP contribution in [0, 0.1) is 5.92 Å². The monoisotopic (exact) mass is 323 g/mol. The number of hydrogen-bond donors (Lipinski definition) is 3. The van der Waals surface area contributed by atoms with E-state index < -0.39 is 0 Å². The summed E-state index contributed by atoms with van der Waals surface area (Å²) in [6.45, 7) is 1.67. The summed E-state index contributed by atoms with van der Waals surface area (Å²) in [5.74, 6) is 0.678. The highest BCUT2D eigenvalue weighted by Gasteiger charge is 2.22. The molecule has 0 aromatic heterocycles. The largest absolute Gasteiger partial charge is 0.336 e. The fourth-order valence-electron chi connectivity index (χ4n) is 3.30. The lowest BCUT2D eigenvalue weighted by molar-refractivity contribution is 0.246. The van der Waals surface area contributed by atoms with E-state index in [0.29, 0.717) is 18.5 Å². The van der Waals surface area contributed by atoms with Crippen molar-refractivity contribution in [1.82, 2.24) is 10.6 Å². The Morgan fingerprint density at radius 1 is 1.04 bits per heavy atom. The average Bonchev–Trinajstić information content (AvgIpc) is 2.62. The van der Waals surface area contributed by atoms with Gasteiger partial charge in [0, 0.05) is 18.3 Å². The van der Waals surface area contributed by atoms with Crippen LogP contribution in [-0.4, -0.2) is 25.2 Å². The molecular formula is C20H25N3O. The molecule has 0 unspecified atom stereocenters. The van der Waals surface area contributed by atoms with Crippen molar-refractivity contribution in [2.45, 2.75) is 25.3 Å². The van der Waals surface area contributed by atoms with E-state index in [0.717, 1.165) is 25.1 Å². The van der Waals surface area contributed by atoms with E-state index >= 15 is 0 Å². The van der Waals surface area contributed by atoms with E-state index in [2.05, 4.69) is 46.3 Å². The summed E-state index contributed by atoms with van der Waals surface area (Å²) in [6.07, 6.45) is 3.41. The van der Waals surface area contributed by atoms with Crippen LogP contribution >= 0.6 is 0 Å². The molecule has 1 heterocycles. The molecule has 0 radical (unpaired) electrons. The van der Waals surface area contributed by atoms with Crippen molar-refractivity contribution in [3.05, 3.63) is 66.2 Å². The number of piperidine rings is 1. The lowest BCUT2D eigenvalue weighted by Crippen LogP contribution is -2.47. The number of benzene rings is 2.